The number of hydrogen-bond donors (Lipinski definition) is 1. The van der Waals surface area contributed by atoms with Crippen molar-refractivity contribution >= 4 is 0 Å². The molecule has 0 saturated carbocycles. The Hall–Kier alpha value is -1.54. The molecular formula is C15H17NO. The maximum absolute atomic E-state index is 5.76. The molecule has 2 nitrogen and oxygen atoms in total. The minimum atomic E-state index is 0.403. The van der Waals surface area contributed by atoms with Crippen LogP contribution in [0.4, 0.5) is 0 Å². The first kappa shape index (κ1) is 10.6. The van der Waals surface area contributed by atoms with E-state index in [2.05, 4.69) is 36.5 Å². The van der Waals surface area contributed by atoms with Gasteiger partial charge in [-0.3, -0.25) is 0 Å². The van der Waals surface area contributed by atoms with Crippen molar-refractivity contribution < 1.29 is 4.42 Å². The van der Waals surface area contributed by atoms with Gasteiger partial charge in [0.1, 0.15) is 11.5 Å². The third-order valence-corrected chi connectivity index (χ3v) is 3.48. The van der Waals surface area contributed by atoms with E-state index < -0.39 is 0 Å². The molecule has 1 aromatic heterocycles. The Morgan fingerprint density at radius 3 is 2.88 bits per heavy atom. The van der Waals surface area contributed by atoms with Crippen LogP contribution in [0.1, 0.15) is 29.9 Å². The van der Waals surface area contributed by atoms with E-state index in [0.717, 1.165) is 24.5 Å². The Balaban J connectivity index is 2.17. The standard InChI is InChI=1S/C15H17NO/c1-10-6-7-14(17-10)13-5-3-4-12-8-9-16-11(2)15(12)13/h3-7,11,16H,8-9H2,1-2H3. The Labute approximate surface area is 102 Å². The van der Waals surface area contributed by atoms with Crippen molar-refractivity contribution in [1.29, 1.82) is 0 Å². The molecule has 0 amide bonds. The maximum atomic E-state index is 5.76. The summed E-state index contributed by atoms with van der Waals surface area (Å²) in [6, 6.07) is 11.0. The lowest BCUT2D eigenvalue weighted by atomic mass is 9.90. The number of hydrogen-bond acceptors (Lipinski definition) is 2. The first-order chi connectivity index (χ1) is 8.25. The molecule has 1 aliphatic rings. The number of nitrogens with one attached hydrogen (secondary N) is 1. The summed E-state index contributed by atoms with van der Waals surface area (Å²) >= 11 is 0. The average Bonchev–Trinajstić information content (AvgIpc) is 2.75. The summed E-state index contributed by atoms with van der Waals surface area (Å²) in [5, 5.41) is 3.51. The summed E-state index contributed by atoms with van der Waals surface area (Å²) in [5.41, 5.74) is 4.08. The molecule has 0 fully saturated rings. The summed E-state index contributed by atoms with van der Waals surface area (Å²) in [4.78, 5) is 0. The van der Waals surface area contributed by atoms with Gasteiger partial charge in [-0.1, -0.05) is 18.2 Å². The lowest BCUT2D eigenvalue weighted by Crippen LogP contribution is -2.28. The van der Waals surface area contributed by atoms with Crippen LogP contribution < -0.4 is 5.32 Å². The van der Waals surface area contributed by atoms with Crippen LogP contribution in [-0.4, -0.2) is 6.54 Å². The molecule has 2 heteroatoms. The quantitative estimate of drug-likeness (QED) is 0.807. The van der Waals surface area contributed by atoms with Gasteiger partial charge in [0.25, 0.3) is 0 Å². The molecule has 0 aliphatic carbocycles. The molecule has 0 bridgehead atoms. The number of furan rings is 1. The molecule has 17 heavy (non-hydrogen) atoms. The third-order valence-electron chi connectivity index (χ3n) is 3.48. The Kier molecular flexibility index (Phi) is 2.52. The van der Waals surface area contributed by atoms with Crippen LogP contribution in [0.15, 0.2) is 34.7 Å². The van der Waals surface area contributed by atoms with Crippen LogP contribution in [0.3, 0.4) is 0 Å². The van der Waals surface area contributed by atoms with E-state index in [9.17, 15) is 0 Å². The lowest BCUT2D eigenvalue weighted by Gasteiger charge is -2.26. The van der Waals surface area contributed by atoms with Crippen molar-refractivity contribution in [3.8, 4) is 11.3 Å². The van der Waals surface area contributed by atoms with E-state index in [-0.39, 0.29) is 0 Å². The van der Waals surface area contributed by atoms with Gasteiger partial charge in [0.2, 0.25) is 0 Å². The SMILES string of the molecule is Cc1ccc(-c2cccc3c2C(C)NCC3)o1. The van der Waals surface area contributed by atoms with Crippen molar-refractivity contribution in [3.05, 3.63) is 47.2 Å². The summed E-state index contributed by atoms with van der Waals surface area (Å²) < 4.78 is 5.76. The number of fused-ring (bicyclic) bond motifs is 1. The average molecular weight is 227 g/mol. The zero-order valence-corrected chi connectivity index (χ0v) is 10.3. The molecule has 0 spiro atoms. The molecule has 0 radical (unpaired) electrons. The van der Waals surface area contributed by atoms with Crippen LogP contribution in [-0.2, 0) is 6.42 Å². The molecule has 1 unspecified atom stereocenters. The molecule has 1 atom stereocenters. The van der Waals surface area contributed by atoms with Gasteiger partial charge < -0.3 is 9.73 Å². The minimum absolute atomic E-state index is 0.403. The molecule has 1 N–H and O–H groups in total. The Morgan fingerprint density at radius 1 is 1.24 bits per heavy atom. The summed E-state index contributed by atoms with van der Waals surface area (Å²) in [6.45, 7) is 5.27. The Bertz CT molecular complexity index is 542. The van der Waals surface area contributed by atoms with Crippen LogP contribution in [0.2, 0.25) is 0 Å². The maximum Gasteiger partial charge on any atom is 0.134 e. The predicted molar refractivity (Wildman–Crippen MR) is 69.0 cm³/mol. The zero-order chi connectivity index (χ0) is 11.8. The molecular weight excluding hydrogens is 210 g/mol. The summed E-state index contributed by atoms with van der Waals surface area (Å²) in [6.07, 6.45) is 1.10. The molecule has 1 aromatic carbocycles. The van der Waals surface area contributed by atoms with Crippen LogP contribution in [0, 0.1) is 6.92 Å². The van der Waals surface area contributed by atoms with E-state index in [1.54, 1.807) is 0 Å². The number of benzene rings is 1. The molecule has 88 valence electrons. The van der Waals surface area contributed by atoms with Crippen LogP contribution in [0.5, 0.6) is 0 Å². The fourth-order valence-corrected chi connectivity index (χ4v) is 2.66. The van der Waals surface area contributed by atoms with E-state index >= 15 is 0 Å². The molecule has 0 saturated heterocycles. The lowest BCUT2D eigenvalue weighted by molar-refractivity contribution is 0.528. The molecule has 2 heterocycles. The first-order valence-electron chi connectivity index (χ1n) is 6.17. The highest BCUT2D eigenvalue weighted by atomic mass is 16.3. The largest absolute Gasteiger partial charge is 0.461 e. The topological polar surface area (TPSA) is 25.2 Å². The van der Waals surface area contributed by atoms with Gasteiger partial charge >= 0.3 is 0 Å². The van der Waals surface area contributed by atoms with Gasteiger partial charge in [-0.2, -0.15) is 0 Å². The Morgan fingerprint density at radius 2 is 2.12 bits per heavy atom. The third kappa shape index (κ3) is 1.79. The predicted octanol–water partition coefficient (Wildman–Crippen LogP) is 3.46. The van der Waals surface area contributed by atoms with Crippen molar-refractivity contribution in [1.82, 2.24) is 5.32 Å². The zero-order valence-electron chi connectivity index (χ0n) is 10.3. The second-order valence-corrected chi connectivity index (χ2v) is 4.71. The summed E-state index contributed by atoms with van der Waals surface area (Å²) in [5.74, 6) is 1.95. The van der Waals surface area contributed by atoms with Crippen LogP contribution >= 0.6 is 0 Å². The monoisotopic (exact) mass is 227 g/mol. The van der Waals surface area contributed by atoms with E-state index in [0.29, 0.717) is 6.04 Å². The fourth-order valence-electron chi connectivity index (χ4n) is 2.66. The van der Waals surface area contributed by atoms with E-state index in [1.807, 2.05) is 13.0 Å². The highest BCUT2D eigenvalue weighted by Crippen LogP contribution is 2.34. The van der Waals surface area contributed by atoms with Crippen molar-refractivity contribution in [2.45, 2.75) is 26.3 Å². The second kappa shape index (κ2) is 4.04. The van der Waals surface area contributed by atoms with Gasteiger partial charge in [0, 0.05) is 11.6 Å². The van der Waals surface area contributed by atoms with E-state index in [4.69, 9.17) is 4.42 Å². The molecule has 1 aliphatic heterocycles. The first-order valence-corrected chi connectivity index (χ1v) is 6.17. The van der Waals surface area contributed by atoms with Gasteiger partial charge in [0.05, 0.1) is 0 Å². The highest BCUT2D eigenvalue weighted by molar-refractivity contribution is 5.65. The molecule has 2 aromatic rings. The number of rotatable bonds is 1. The van der Waals surface area contributed by atoms with Gasteiger partial charge in [-0.15, -0.1) is 0 Å². The van der Waals surface area contributed by atoms with Crippen LogP contribution in [0.25, 0.3) is 11.3 Å². The normalized spacial score (nSPS) is 19.1. The van der Waals surface area contributed by atoms with Gasteiger partial charge in [-0.05, 0) is 50.1 Å². The highest BCUT2D eigenvalue weighted by Gasteiger charge is 2.20. The van der Waals surface area contributed by atoms with Gasteiger partial charge in [-0.25, -0.2) is 0 Å². The minimum Gasteiger partial charge on any atom is -0.461 e. The van der Waals surface area contributed by atoms with Crippen molar-refractivity contribution in [3.63, 3.8) is 0 Å². The van der Waals surface area contributed by atoms with Gasteiger partial charge in [0.15, 0.2) is 0 Å². The number of aryl methyl sites for hydroxylation is 1. The van der Waals surface area contributed by atoms with Crippen molar-refractivity contribution in [2.24, 2.45) is 0 Å². The molecule has 3 rings (SSSR count). The van der Waals surface area contributed by atoms with E-state index in [1.165, 1.54) is 16.7 Å². The fraction of sp³-hybridized carbons (Fsp3) is 0.333. The van der Waals surface area contributed by atoms with Crippen molar-refractivity contribution in [2.75, 3.05) is 6.54 Å². The second-order valence-electron chi connectivity index (χ2n) is 4.71. The summed E-state index contributed by atoms with van der Waals surface area (Å²) in [7, 11) is 0. The smallest absolute Gasteiger partial charge is 0.134 e.